The second kappa shape index (κ2) is 5.94. The van der Waals surface area contributed by atoms with E-state index in [1.54, 1.807) is 19.9 Å². The lowest BCUT2D eigenvalue weighted by molar-refractivity contribution is 0.0960. The summed E-state index contributed by atoms with van der Waals surface area (Å²) in [4.78, 5) is 39.0. The van der Waals surface area contributed by atoms with E-state index in [1.165, 1.54) is 10.6 Å². The van der Waals surface area contributed by atoms with Crippen LogP contribution < -0.4 is 10.9 Å². The van der Waals surface area contributed by atoms with Crippen LogP contribution in [-0.2, 0) is 6.54 Å². The molecule has 0 unspecified atom stereocenters. The number of pyridine rings is 1. The maximum absolute atomic E-state index is 13.2. The minimum Gasteiger partial charge on any atom is -0.352 e. The average molecular weight is 352 g/mol. The second-order valence-electron chi connectivity index (χ2n) is 8.24. The Hall–Kier alpha value is -2.69. The molecule has 0 aromatic carbocycles. The summed E-state index contributed by atoms with van der Waals surface area (Å²) in [7, 11) is 0. The Labute approximate surface area is 153 Å². The fourth-order valence-electron chi connectivity index (χ4n) is 3.46. The minimum atomic E-state index is -0.321. The van der Waals surface area contributed by atoms with Crippen molar-refractivity contribution >= 4 is 11.6 Å². The van der Waals surface area contributed by atoms with Crippen LogP contribution in [-0.4, -0.2) is 16.1 Å². The number of aromatic nitrogens is 1. The van der Waals surface area contributed by atoms with Crippen molar-refractivity contribution in [2.24, 2.45) is 5.41 Å². The highest BCUT2D eigenvalue weighted by Crippen LogP contribution is 2.33. The molecule has 2 heterocycles. The van der Waals surface area contributed by atoms with Crippen molar-refractivity contribution in [1.29, 1.82) is 0 Å². The zero-order valence-electron chi connectivity index (χ0n) is 15.9. The van der Waals surface area contributed by atoms with Gasteiger partial charge in [0.1, 0.15) is 11.4 Å². The van der Waals surface area contributed by atoms with Gasteiger partial charge in [-0.05, 0) is 42.9 Å². The first kappa shape index (κ1) is 18.1. The predicted octanol–water partition coefficient (Wildman–Crippen LogP) is 3.29. The zero-order chi connectivity index (χ0) is 19.4. The van der Waals surface area contributed by atoms with E-state index in [4.69, 9.17) is 0 Å². The van der Waals surface area contributed by atoms with Crippen molar-refractivity contribution in [2.45, 2.75) is 47.6 Å². The van der Waals surface area contributed by atoms with Crippen LogP contribution in [0.4, 0.5) is 0 Å². The third kappa shape index (κ3) is 2.87. The molecule has 0 amide bonds. The van der Waals surface area contributed by atoms with Crippen molar-refractivity contribution in [2.75, 3.05) is 0 Å². The number of allylic oxidation sites excluding steroid dienone is 4. The molecule has 2 aliphatic rings. The second-order valence-corrected chi connectivity index (χ2v) is 8.24. The van der Waals surface area contributed by atoms with E-state index in [0.29, 0.717) is 34.5 Å². The lowest BCUT2D eigenvalue weighted by Gasteiger charge is -2.29. The number of Topliss-reactive ketones (excluding diaryl/α,β-unsaturated/α-hetero) is 2. The molecule has 3 rings (SSSR count). The molecule has 1 N–H and O–H groups in total. The molecule has 5 nitrogen and oxygen atoms in total. The summed E-state index contributed by atoms with van der Waals surface area (Å²) < 4.78 is 1.45. The van der Waals surface area contributed by atoms with Crippen LogP contribution in [0.3, 0.4) is 0 Å². The van der Waals surface area contributed by atoms with Gasteiger partial charge in [0.15, 0.2) is 5.78 Å². The Bertz CT molecular complexity index is 982. The van der Waals surface area contributed by atoms with Crippen LogP contribution in [0.1, 0.15) is 60.5 Å². The van der Waals surface area contributed by atoms with E-state index in [0.717, 1.165) is 6.42 Å². The summed E-state index contributed by atoms with van der Waals surface area (Å²) in [6.07, 6.45) is 2.47. The summed E-state index contributed by atoms with van der Waals surface area (Å²) in [5, 5.41) is 2.93. The standard InChI is InChI=1S/C21H24N2O3/c1-11-9-13(3)22-17-15(11)19(25)16-12(2)10-14(24)23(18(16)20(17)26)8-7-21(4,5)6/h9-10,22H,3,7-8H2,1-2,4-6H3. The van der Waals surface area contributed by atoms with Crippen LogP contribution in [0, 0.1) is 12.3 Å². The third-order valence-electron chi connectivity index (χ3n) is 4.81. The Balaban J connectivity index is 2.24. The van der Waals surface area contributed by atoms with E-state index >= 15 is 0 Å². The van der Waals surface area contributed by atoms with E-state index in [-0.39, 0.29) is 33.9 Å². The molecular formula is C21H24N2O3. The van der Waals surface area contributed by atoms with Crippen LogP contribution in [0.25, 0.3) is 0 Å². The summed E-state index contributed by atoms with van der Waals surface area (Å²) in [5.74, 6) is -0.539. The van der Waals surface area contributed by atoms with Crippen LogP contribution >= 0.6 is 0 Å². The quantitative estimate of drug-likeness (QED) is 0.887. The first-order chi connectivity index (χ1) is 12.0. The highest BCUT2D eigenvalue weighted by atomic mass is 16.1. The number of ketones is 2. The van der Waals surface area contributed by atoms with Gasteiger partial charge < -0.3 is 9.88 Å². The van der Waals surface area contributed by atoms with Crippen molar-refractivity contribution < 1.29 is 9.59 Å². The topological polar surface area (TPSA) is 68.2 Å². The molecule has 0 radical (unpaired) electrons. The molecular weight excluding hydrogens is 328 g/mol. The van der Waals surface area contributed by atoms with Crippen molar-refractivity contribution in [3.05, 3.63) is 68.4 Å². The fraction of sp³-hybridized carbons (Fsp3) is 0.381. The molecule has 0 saturated heterocycles. The number of nitrogens with zero attached hydrogens (tertiary/aromatic N) is 1. The highest BCUT2D eigenvalue weighted by Gasteiger charge is 2.38. The summed E-state index contributed by atoms with van der Waals surface area (Å²) in [6, 6.07) is 1.45. The summed E-state index contributed by atoms with van der Waals surface area (Å²) in [6.45, 7) is 14.0. The number of hydrogen-bond donors (Lipinski definition) is 1. The van der Waals surface area contributed by atoms with Crippen LogP contribution in [0.5, 0.6) is 0 Å². The Morgan fingerprint density at radius 3 is 2.38 bits per heavy atom. The van der Waals surface area contributed by atoms with Gasteiger partial charge in [0.25, 0.3) is 5.56 Å². The van der Waals surface area contributed by atoms with Gasteiger partial charge in [0.05, 0.1) is 11.1 Å². The van der Waals surface area contributed by atoms with Gasteiger partial charge in [0, 0.05) is 18.3 Å². The van der Waals surface area contributed by atoms with E-state index in [1.807, 2.05) is 0 Å². The average Bonchev–Trinajstić information content (AvgIpc) is 2.49. The number of nitrogens with one attached hydrogen (secondary N) is 1. The normalized spacial score (nSPS) is 17.0. The Morgan fingerprint density at radius 2 is 1.77 bits per heavy atom. The van der Waals surface area contributed by atoms with Gasteiger partial charge in [-0.3, -0.25) is 14.4 Å². The zero-order valence-corrected chi connectivity index (χ0v) is 15.9. The molecule has 1 aliphatic heterocycles. The fourth-order valence-corrected chi connectivity index (χ4v) is 3.46. The number of carbonyl (C=O) groups excluding carboxylic acids is 2. The van der Waals surface area contributed by atoms with Crippen LogP contribution in [0.15, 0.2) is 46.1 Å². The molecule has 1 aliphatic carbocycles. The van der Waals surface area contributed by atoms with Gasteiger partial charge in [0.2, 0.25) is 5.78 Å². The van der Waals surface area contributed by atoms with Crippen molar-refractivity contribution in [1.82, 2.24) is 9.88 Å². The molecule has 1 aromatic rings. The summed E-state index contributed by atoms with van der Waals surface area (Å²) in [5.41, 5.74) is 2.68. The Kier molecular flexibility index (Phi) is 4.14. The molecule has 0 atom stereocenters. The molecule has 0 bridgehead atoms. The third-order valence-corrected chi connectivity index (χ3v) is 4.81. The molecule has 5 heteroatoms. The molecule has 26 heavy (non-hydrogen) atoms. The monoisotopic (exact) mass is 352 g/mol. The molecule has 136 valence electrons. The number of fused-ring (bicyclic) bond motifs is 1. The number of rotatable bonds is 2. The maximum atomic E-state index is 13.2. The number of aryl methyl sites for hydroxylation is 1. The van der Waals surface area contributed by atoms with Crippen molar-refractivity contribution in [3.8, 4) is 0 Å². The maximum Gasteiger partial charge on any atom is 0.251 e. The first-order valence-corrected chi connectivity index (χ1v) is 8.74. The molecule has 0 spiro atoms. The number of hydrogen-bond acceptors (Lipinski definition) is 4. The van der Waals surface area contributed by atoms with E-state index < -0.39 is 0 Å². The highest BCUT2D eigenvalue weighted by molar-refractivity contribution is 6.28. The van der Waals surface area contributed by atoms with Crippen molar-refractivity contribution in [3.63, 3.8) is 0 Å². The van der Waals surface area contributed by atoms with Gasteiger partial charge in [-0.15, -0.1) is 0 Å². The SMILES string of the molecule is C=C1C=C(C)C2=C(N1)C(=O)c1c(c(C)cc(=O)n1CCC(C)(C)C)C2=O. The molecule has 1 aromatic heterocycles. The van der Waals surface area contributed by atoms with Crippen LogP contribution in [0.2, 0.25) is 0 Å². The van der Waals surface area contributed by atoms with Gasteiger partial charge in [-0.25, -0.2) is 0 Å². The Morgan fingerprint density at radius 1 is 1.12 bits per heavy atom. The lowest BCUT2D eigenvalue weighted by atomic mass is 9.82. The first-order valence-electron chi connectivity index (χ1n) is 8.74. The minimum absolute atomic E-state index is 0.0000608. The molecule has 0 fully saturated rings. The van der Waals surface area contributed by atoms with Gasteiger partial charge in [-0.1, -0.05) is 27.4 Å². The summed E-state index contributed by atoms with van der Waals surface area (Å²) >= 11 is 0. The number of carbonyl (C=O) groups is 2. The molecule has 0 saturated carbocycles. The van der Waals surface area contributed by atoms with E-state index in [2.05, 4.69) is 32.7 Å². The number of dihydropyridines is 1. The van der Waals surface area contributed by atoms with Gasteiger partial charge >= 0.3 is 0 Å². The van der Waals surface area contributed by atoms with E-state index in [9.17, 15) is 14.4 Å². The largest absolute Gasteiger partial charge is 0.352 e. The lowest BCUT2D eigenvalue weighted by Crippen LogP contribution is -2.39. The smallest absolute Gasteiger partial charge is 0.251 e. The van der Waals surface area contributed by atoms with Gasteiger partial charge in [-0.2, -0.15) is 0 Å². The predicted molar refractivity (Wildman–Crippen MR) is 101 cm³/mol.